The van der Waals surface area contributed by atoms with Crippen molar-refractivity contribution >= 4 is 11.6 Å². The van der Waals surface area contributed by atoms with E-state index in [0.717, 1.165) is 43.1 Å². The van der Waals surface area contributed by atoms with Gasteiger partial charge in [0.15, 0.2) is 0 Å². The number of likely N-dealkylation sites (tertiary alicyclic amines) is 1. The van der Waals surface area contributed by atoms with E-state index >= 15 is 0 Å². The first kappa shape index (κ1) is 15.3. The smallest absolute Gasteiger partial charge is 0.255 e. The lowest BCUT2D eigenvalue weighted by molar-refractivity contribution is 0.0697. The first-order valence-corrected chi connectivity index (χ1v) is 8.73. The van der Waals surface area contributed by atoms with Gasteiger partial charge in [0.1, 0.15) is 0 Å². The first-order chi connectivity index (χ1) is 10.7. The number of piperidine rings is 1. The van der Waals surface area contributed by atoms with E-state index in [1.54, 1.807) is 6.20 Å². The van der Waals surface area contributed by atoms with E-state index in [9.17, 15) is 4.79 Å². The largest absolute Gasteiger partial charge is 0.381 e. The Bertz CT molecular complexity index is 503. The van der Waals surface area contributed by atoms with Crippen LogP contribution in [0.2, 0.25) is 0 Å². The highest BCUT2D eigenvalue weighted by Crippen LogP contribution is 2.23. The molecule has 2 fully saturated rings. The van der Waals surface area contributed by atoms with Crippen molar-refractivity contribution in [2.45, 2.75) is 57.9 Å². The zero-order valence-electron chi connectivity index (χ0n) is 13.6. The Labute approximate surface area is 133 Å². The highest BCUT2D eigenvalue weighted by Gasteiger charge is 2.22. The molecular weight excluding hydrogens is 274 g/mol. The van der Waals surface area contributed by atoms with Gasteiger partial charge < -0.3 is 10.2 Å². The minimum atomic E-state index is 0.131. The number of rotatable bonds is 3. The van der Waals surface area contributed by atoms with Gasteiger partial charge in [-0.1, -0.05) is 26.2 Å². The minimum Gasteiger partial charge on any atom is -0.381 e. The van der Waals surface area contributed by atoms with Gasteiger partial charge in [-0.05, 0) is 37.7 Å². The molecular formula is C18H27N3O. The van der Waals surface area contributed by atoms with Crippen LogP contribution in [-0.4, -0.2) is 34.9 Å². The van der Waals surface area contributed by atoms with Crippen LogP contribution in [0.1, 0.15) is 62.2 Å². The van der Waals surface area contributed by atoms with Crippen molar-refractivity contribution in [1.82, 2.24) is 9.88 Å². The van der Waals surface area contributed by atoms with Crippen molar-refractivity contribution < 1.29 is 4.79 Å². The van der Waals surface area contributed by atoms with E-state index in [-0.39, 0.29) is 5.91 Å². The predicted octanol–water partition coefficient (Wildman–Crippen LogP) is 3.70. The molecule has 1 aliphatic heterocycles. The van der Waals surface area contributed by atoms with Gasteiger partial charge in [0.05, 0.1) is 11.3 Å². The third kappa shape index (κ3) is 3.79. The molecule has 120 valence electrons. The van der Waals surface area contributed by atoms with Crippen molar-refractivity contribution in [3.8, 4) is 0 Å². The van der Waals surface area contributed by atoms with Crippen LogP contribution < -0.4 is 5.32 Å². The molecule has 2 aliphatic rings. The van der Waals surface area contributed by atoms with Crippen LogP contribution in [0.5, 0.6) is 0 Å². The summed E-state index contributed by atoms with van der Waals surface area (Å²) in [7, 11) is 0. The maximum absolute atomic E-state index is 12.6. The summed E-state index contributed by atoms with van der Waals surface area (Å²) < 4.78 is 0. The zero-order chi connectivity index (χ0) is 15.4. The average Bonchev–Trinajstić information content (AvgIpc) is 2.56. The number of anilines is 1. The molecule has 3 rings (SSSR count). The van der Waals surface area contributed by atoms with Gasteiger partial charge in [-0.25, -0.2) is 0 Å². The maximum Gasteiger partial charge on any atom is 0.255 e. The highest BCUT2D eigenvalue weighted by atomic mass is 16.2. The Kier molecular flexibility index (Phi) is 4.96. The van der Waals surface area contributed by atoms with Gasteiger partial charge in [0.2, 0.25) is 0 Å². The molecule has 0 unspecified atom stereocenters. The number of nitrogens with one attached hydrogen (secondary N) is 1. The van der Waals surface area contributed by atoms with Gasteiger partial charge in [-0.2, -0.15) is 0 Å². The Morgan fingerprint density at radius 3 is 2.59 bits per heavy atom. The fraction of sp³-hybridized carbons (Fsp3) is 0.667. The molecule has 1 N–H and O–H groups in total. The number of aromatic nitrogens is 1. The zero-order valence-corrected chi connectivity index (χ0v) is 13.6. The third-order valence-electron chi connectivity index (χ3n) is 5.03. The molecule has 1 aromatic rings. The van der Waals surface area contributed by atoms with E-state index in [0.29, 0.717) is 6.04 Å². The second-order valence-corrected chi connectivity index (χ2v) is 6.92. The maximum atomic E-state index is 12.6. The predicted molar refractivity (Wildman–Crippen MR) is 89.0 cm³/mol. The second-order valence-electron chi connectivity index (χ2n) is 6.92. The molecule has 1 amide bonds. The summed E-state index contributed by atoms with van der Waals surface area (Å²) in [6.07, 6.45) is 12.2. The number of pyridine rings is 1. The summed E-state index contributed by atoms with van der Waals surface area (Å²) in [6.45, 7) is 4.01. The van der Waals surface area contributed by atoms with E-state index in [2.05, 4.69) is 17.2 Å². The third-order valence-corrected chi connectivity index (χ3v) is 5.03. The van der Waals surface area contributed by atoms with Crippen LogP contribution in [0, 0.1) is 5.92 Å². The number of hydrogen-bond donors (Lipinski definition) is 1. The van der Waals surface area contributed by atoms with Crippen molar-refractivity contribution in [3.05, 3.63) is 24.0 Å². The van der Waals surface area contributed by atoms with Crippen LogP contribution in [0.15, 0.2) is 18.5 Å². The van der Waals surface area contributed by atoms with Crippen LogP contribution in [-0.2, 0) is 0 Å². The van der Waals surface area contributed by atoms with Crippen LogP contribution in [0.3, 0.4) is 0 Å². The molecule has 1 aromatic heterocycles. The topological polar surface area (TPSA) is 45.2 Å². The van der Waals surface area contributed by atoms with E-state index in [1.807, 2.05) is 17.2 Å². The quantitative estimate of drug-likeness (QED) is 0.926. The van der Waals surface area contributed by atoms with E-state index in [4.69, 9.17) is 0 Å². The summed E-state index contributed by atoms with van der Waals surface area (Å²) in [5, 5.41) is 3.55. The van der Waals surface area contributed by atoms with Gasteiger partial charge in [0, 0.05) is 31.5 Å². The van der Waals surface area contributed by atoms with Crippen molar-refractivity contribution in [1.29, 1.82) is 0 Å². The molecule has 0 bridgehead atoms. The van der Waals surface area contributed by atoms with Gasteiger partial charge in [-0.3, -0.25) is 9.78 Å². The van der Waals surface area contributed by atoms with Crippen molar-refractivity contribution in [2.75, 3.05) is 18.4 Å². The summed E-state index contributed by atoms with van der Waals surface area (Å²) in [4.78, 5) is 18.9. The summed E-state index contributed by atoms with van der Waals surface area (Å²) in [6, 6.07) is 2.51. The minimum absolute atomic E-state index is 0.131. The summed E-state index contributed by atoms with van der Waals surface area (Å²) in [5.41, 5.74) is 1.71. The molecule has 1 saturated heterocycles. The Balaban J connectivity index is 1.63. The lowest BCUT2D eigenvalue weighted by Crippen LogP contribution is -2.38. The molecule has 4 heteroatoms. The molecule has 1 aliphatic carbocycles. The van der Waals surface area contributed by atoms with Crippen molar-refractivity contribution in [2.24, 2.45) is 5.92 Å². The fourth-order valence-electron chi connectivity index (χ4n) is 3.51. The normalized spacial score (nSPS) is 20.9. The van der Waals surface area contributed by atoms with Crippen LogP contribution in [0.4, 0.5) is 5.69 Å². The van der Waals surface area contributed by atoms with Crippen molar-refractivity contribution in [3.63, 3.8) is 0 Å². The highest BCUT2D eigenvalue weighted by molar-refractivity contribution is 5.94. The van der Waals surface area contributed by atoms with Crippen LogP contribution >= 0.6 is 0 Å². The molecule has 0 atom stereocenters. The molecule has 0 spiro atoms. The number of carbonyl (C=O) groups excluding carboxylic acids is 1. The van der Waals surface area contributed by atoms with Gasteiger partial charge in [0.25, 0.3) is 5.91 Å². The summed E-state index contributed by atoms with van der Waals surface area (Å²) in [5.74, 6) is 0.869. The monoisotopic (exact) mass is 301 g/mol. The van der Waals surface area contributed by atoms with E-state index in [1.165, 1.54) is 32.1 Å². The van der Waals surface area contributed by atoms with Gasteiger partial charge >= 0.3 is 0 Å². The molecule has 0 radical (unpaired) electrons. The van der Waals surface area contributed by atoms with Crippen LogP contribution in [0.25, 0.3) is 0 Å². The number of hydrogen-bond acceptors (Lipinski definition) is 3. The molecule has 2 heterocycles. The van der Waals surface area contributed by atoms with E-state index < -0.39 is 0 Å². The Morgan fingerprint density at radius 1 is 1.14 bits per heavy atom. The molecule has 0 aromatic carbocycles. The number of nitrogens with zero attached hydrogens (tertiary/aromatic N) is 2. The average molecular weight is 301 g/mol. The van der Waals surface area contributed by atoms with Gasteiger partial charge in [-0.15, -0.1) is 0 Å². The lowest BCUT2D eigenvalue weighted by atomic mass is 9.95. The standard InChI is InChI=1S/C18H27N3O/c1-14-7-9-21(10-8-14)18(22)15-11-17(13-19-12-15)20-16-5-3-2-4-6-16/h11-14,16,20H,2-10H2,1H3. The SMILES string of the molecule is CC1CCN(C(=O)c2cncc(NC3CCCCC3)c2)CC1. The second kappa shape index (κ2) is 7.12. The fourth-order valence-corrected chi connectivity index (χ4v) is 3.51. The Hall–Kier alpha value is -1.58. The lowest BCUT2D eigenvalue weighted by Gasteiger charge is -2.30. The molecule has 22 heavy (non-hydrogen) atoms. The molecule has 1 saturated carbocycles. The summed E-state index contributed by atoms with van der Waals surface area (Å²) >= 11 is 0. The molecule has 4 nitrogen and oxygen atoms in total. The Morgan fingerprint density at radius 2 is 1.86 bits per heavy atom. The number of amides is 1. The first-order valence-electron chi connectivity index (χ1n) is 8.73. The number of carbonyl (C=O) groups is 1.